The van der Waals surface area contributed by atoms with Crippen LogP contribution in [-0.2, 0) is 28.2 Å². The zero-order chi connectivity index (χ0) is 14.3. The molecule has 0 saturated carbocycles. The molecular weight excluding hydrogens is 272 g/mol. The van der Waals surface area contributed by atoms with Crippen LogP contribution in [0.15, 0.2) is 0 Å². The molecule has 1 saturated heterocycles. The molecule has 19 heavy (non-hydrogen) atoms. The van der Waals surface area contributed by atoms with E-state index in [4.69, 9.17) is 13.7 Å². The second-order valence-electron chi connectivity index (χ2n) is 4.64. The van der Waals surface area contributed by atoms with Crippen LogP contribution >= 0.6 is 0 Å². The third-order valence-electron chi connectivity index (χ3n) is 3.19. The maximum Gasteiger partial charge on any atom is 0.400 e. The first-order chi connectivity index (χ1) is 9.02. The van der Waals surface area contributed by atoms with Crippen LogP contribution in [0.1, 0.15) is 39.5 Å². The van der Waals surface area contributed by atoms with E-state index in [1.165, 1.54) is 0 Å². The van der Waals surface area contributed by atoms with Crippen molar-refractivity contribution >= 4 is 10.4 Å². The summed E-state index contributed by atoms with van der Waals surface area (Å²) in [7, 11) is -2.88. The van der Waals surface area contributed by atoms with Crippen molar-refractivity contribution in [1.82, 2.24) is 0 Å². The number of rotatable bonds is 8. The van der Waals surface area contributed by atoms with Crippen molar-refractivity contribution in [2.45, 2.75) is 51.9 Å². The molecule has 0 aromatic carbocycles. The second kappa shape index (κ2) is 8.16. The van der Waals surface area contributed by atoms with Gasteiger partial charge in [-0.1, -0.05) is 26.7 Å². The first-order valence-corrected chi connectivity index (χ1v) is 8.07. The average molecular weight is 296 g/mol. The standard InChI is InChI=1S/C12H24O6S/c1-4-6-7-10(5-2)12-16-8-11(9-17-12)18-19(13,14)15-3/h10-12H,4-9H2,1-3H3. The van der Waals surface area contributed by atoms with Gasteiger partial charge in [0.15, 0.2) is 6.29 Å². The molecule has 1 aliphatic heterocycles. The van der Waals surface area contributed by atoms with Gasteiger partial charge in [0, 0.05) is 5.92 Å². The highest BCUT2D eigenvalue weighted by molar-refractivity contribution is 7.81. The molecule has 0 spiro atoms. The minimum atomic E-state index is -3.94. The summed E-state index contributed by atoms with van der Waals surface area (Å²) in [6.07, 6.45) is 3.42. The average Bonchev–Trinajstić information content (AvgIpc) is 2.41. The quantitative estimate of drug-likeness (QED) is 0.681. The normalized spacial score (nSPS) is 26.3. The molecule has 0 amide bonds. The molecule has 0 aromatic rings. The Morgan fingerprint density at radius 3 is 2.37 bits per heavy atom. The molecule has 0 aliphatic carbocycles. The van der Waals surface area contributed by atoms with Gasteiger partial charge in [-0.05, 0) is 12.8 Å². The topological polar surface area (TPSA) is 71.1 Å². The number of hydrogen-bond donors (Lipinski definition) is 0. The monoisotopic (exact) mass is 296 g/mol. The molecule has 6 nitrogen and oxygen atoms in total. The van der Waals surface area contributed by atoms with E-state index in [0.29, 0.717) is 5.92 Å². The molecule has 1 rings (SSSR count). The summed E-state index contributed by atoms with van der Waals surface area (Å²) in [4.78, 5) is 0. The molecule has 1 heterocycles. The van der Waals surface area contributed by atoms with Gasteiger partial charge in [-0.2, -0.15) is 8.42 Å². The van der Waals surface area contributed by atoms with Crippen LogP contribution in [0.4, 0.5) is 0 Å². The zero-order valence-corrected chi connectivity index (χ0v) is 12.6. The number of hydrogen-bond acceptors (Lipinski definition) is 6. The van der Waals surface area contributed by atoms with E-state index >= 15 is 0 Å². The van der Waals surface area contributed by atoms with Gasteiger partial charge in [-0.25, -0.2) is 4.18 Å². The highest BCUT2D eigenvalue weighted by Crippen LogP contribution is 2.24. The van der Waals surface area contributed by atoms with Gasteiger partial charge in [0.2, 0.25) is 0 Å². The van der Waals surface area contributed by atoms with Gasteiger partial charge in [0.25, 0.3) is 0 Å². The highest BCUT2D eigenvalue weighted by Gasteiger charge is 2.30. The molecule has 0 aromatic heterocycles. The molecule has 0 radical (unpaired) electrons. The first kappa shape index (κ1) is 16.8. The lowest BCUT2D eigenvalue weighted by Crippen LogP contribution is -2.41. The SMILES string of the molecule is CCCCC(CC)C1OCC(OS(=O)(=O)OC)CO1. The molecule has 1 atom stereocenters. The number of ether oxygens (including phenoxy) is 2. The summed E-state index contributed by atoms with van der Waals surface area (Å²) >= 11 is 0. The molecular formula is C12H24O6S. The van der Waals surface area contributed by atoms with Crippen molar-refractivity contribution < 1.29 is 26.3 Å². The highest BCUT2D eigenvalue weighted by atomic mass is 32.3. The Labute approximate surface area is 115 Å². The maximum absolute atomic E-state index is 11.1. The Morgan fingerprint density at radius 2 is 1.89 bits per heavy atom. The van der Waals surface area contributed by atoms with Gasteiger partial charge in [0.05, 0.1) is 20.3 Å². The van der Waals surface area contributed by atoms with Crippen molar-refractivity contribution in [1.29, 1.82) is 0 Å². The lowest BCUT2D eigenvalue weighted by molar-refractivity contribution is -0.234. The van der Waals surface area contributed by atoms with E-state index in [1.807, 2.05) is 0 Å². The van der Waals surface area contributed by atoms with Crippen LogP contribution in [0.5, 0.6) is 0 Å². The third-order valence-corrected chi connectivity index (χ3v) is 4.10. The Morgan fingerprint density at radius 1 is 1.26 bits per heavy atom. The summed E-state index contributed by atoms with van der Waals surface area (Å²) in [6.45, 7) is 4.66. The van der Waals surface area contributed by atoms with Crippen molar-refractivity contribution in [2.75, 3.05) is 20.3 Å². The Bertz CT molecular complexity index is 334. The molecule has 1 unspecified atom stereocenters. The van der Waals surface area contributed by atoms with E-state index in [1.54, 1.807) is 0 Å². The smallest absolute Gasteiger partial charge is 0.350 e. The van der Waals surface area contributed by atoms with Crippen molar-refractivity contribution in [3.63, 3.8) is 0 Å². The van der Waals surface area contributed by atoms with Crippen LogP contribution < -0.4 is 0 Å². The van der Waals surface area contributed by atoms with Gasteiger partial charge < -0.3 is 9.47 Å². The Hall–Kier alpha value is -0.210. The zero-order valence-electron chi connectivity index (χ0n) is 11.8. The molecule has 0 N–H and O–H groups in total. The summed E-state index contributed by atoms with van der Waals surface area (Å²) in [6, 6.07) is 0. The Kier molecular flexibility index (Phi) is 7.23. The van der Waals surface area contributed by atoms with Crippen LogP contribution in [-0.4, -0.2) is 41.1 Å². The molecule has 1 aliphatic rings. The lowest BCUT2D eigenvalue weighted by atomic mass is 9.98. The summed E-state index contributed by atoms with van der Waals surface area (Å²) < 4.78 is 42.4. The maximum atomic E-state index is 11.1. The van der Waals surface area contributed by atoms with Gasteiger partial charge in [-0.15, -0.1) is 0 Å². The van der Waals surface area contributed by atoms with E-state index < -0.39 is 16.5 Å². The van der Waals surface area contributed by atoms with Gasteiger partial charge >= 0.3 is 10.4 Å². The van der Waals surface area contributed by atoms with Crippen LogP contribution in [0, 0.1) is 5.92 Å². The van der Waals surface area contributed by atoms with E-state index in [2.05, 4.69) is 18.0 Å². The van der Waals surface area contributed by atoms with E-state index in [0.717, 1.165) is 32.8 Å². The second-order valence-corrected chi connectivity index (χ2v) is 5.98. The summed E-state index contributed by atoms with van der Waals surface area (Å²) in [5.41, 5.74) is 0. The minimum absolute atomic E-state index is 0.204. The van der Waals surface area contributed by atoms with Crippen LogP contribution in [0.2, 0.25) is 0 Å². The fraction of sp³-hybridized carbons (Fsp3) is 1.00. The first-order valence-electron chi connectivity index (χ1n) is 6.74. The molecule has 1 fully saturated rings. The molecule has 0 bridgehead atoms. The fourth-order valence-electron chi connectivity index (χ4n) is 2.03. The predicted octanol–water partition coefficient (Wildman–Crippen LogP) is 1.85. The van der Waals surface area contributed by atoms with Crippen LogP contribution in [0.3, 0.4) is 0 Å². The third kappa shape index (κ3) is 5.74. The van der Waals surface area contributed by atoms with Crippen molar-refractivity contribution in [3.05, 3.63) is 0 Å². The predicted molar refractivity (Wildman–Crippen MR) is 69.8 cm³/mol. The minimum Gasteiger partial charge on any atom is -0.350 e. The van der Waals surface area contributed by atoms with Gasteiger partial charge in [0.1, 0.15) is 6.10 Å². The fourth-order valence-corrected chi connectivity index (χ4v) is 2.56. The lowest BCUT2D eigenvalue weighted by Gasteiger charge is -2.33. The van der Waals surface area contributed by atoms with Crippen LogP contribution in [0.25, 0.3) is 0 Å². The summed E-state index contributed by atoms with van der Waals surface area (Å²) in [5, 5.41) is 0. The summed E-state index contributed by atoms with van der Waals surface area (Å²) in [5.74, 6) is 0.347. The van der Waals surface area contributed by atoms with E-state index in [9.17, 15) is 8.42 Å². The van der Waals surface area contributed by atoms with Crippen molar-refractivity contribution in [2.24, 2.45) is 5.92 Å². The van der Waals surface area contributed by atoms with E-state index in [-0.39, 0.29) is 19.5 Å². The van der Waals surface area contributed by atoms with Crippen molar-refractivity contribution in [3.8, 4) is 0 Å². The number of unbranched alkanes of at least 4 members (excludes halogenated alkanes) is 1. The molecule has 114 valence electrons. The largest absolute Gasteiger partial charge is 0.400 e. The molecule has 7 heteroatoms. The Balaban J connectivity index is 2.39. The van der Waals surface area contributed by atoms with Gasteiger partial charge in [-0.3, -0.25) is 4.18 Å².